The first-order valence-electron chi connectivity index (χ1n) is 8.03. The molecule has 0 atom stereocenters. The first-order chi connectivity index (χ1) is 11.4. The molecule has 4 nitrogen and oxygen atoms in total. The Balaban J connectivity index is 1.97. The summed E-state index contributed by atoms with van der Waals surface area (Å²) >= 11 is 0. The highest BCUT2D eigenvalue weighted by molar-refractivity contribution is 6.17. The standard InChI is InChI=1S/C20H22N2O2/c1-20(2)12-14-7-8-16(24-3)10-17(14)18(22-20)11-19(23)13-5-4-6-15(21)9-13/h4-10H,11-12,21H2,1-3H3. The van der Waals surface area contributed by atoms with Gasteiger partial charge < -0.3 is 10.5 Å². The van der Waals surface area contributed by atoms with Gasteiger partial charge in [0.05, 0.1) is 24.8 Å². The quantitative estimate of drug-likeness (QED) is 0.690. The third kappa shape index (κ3) is 3.32. The topological polar surface area (TPSA) is 64.7 Å². The van der Waals surface area contributed by atoms with Crippen molar-refractivity contribution in [3.05, 3.63) is 59.2 Å². The van der Waals surface area contributed by atoms with Crippen molar-refractivity contribution in [1.82, 2.24) is 0 Å². The molecule has 0 spiro atoms. The number of hydrogen-bond donors (Lipinski definition) is 1. The molecule has 0 amide bonds. The molecule has 2 aromatic rings. The van der Waals surface area contributed by atoms with E-state index in [2.05, 4.69) is 19.9 Å². The summed E-state index contributed by atoms with van der Waals surface area (Å²) in [6, 6.07) is 13.1. The van der Waals surface area contributed by atoms with E-state index in [4.69, 9.17) is 15.5 Å². The van der Waals surface area contributed by atoms with Gasteiger partial charge in [0, 0.05) is 16.8 Å². The molecule has 1 heterocycles. The van der Waals surface area contributed by atoms with E-state index in [1.54, 1.807) is 31.4 Å². The van der Waals surface area contributed by atoms with Gasteiger partial charge in [-0.2, -0.15) is 0 Å². The van der Waals surface area contributed by atoms with Crippen LogP contribution in [-0.2, 0) is 6.42 Å². The van der Waals surface area contributed by atoms with Gasteiger partial charge in [-0.05, 0) is 50.1 Å². The second kappa shape index (κ2) is 6.11. The normalized spacial score (nSPS) is 15.4. The molecule has 124 valence electrons. The van der Waals surface area contributed by atoms with Crippen LogP contribution in [-0.4, -0.2) is 24.1 Å². The Morgan fingerprint density at radius 3 is 2.75 bits per heavy atom. The van der Waals surface area contributed by atoms with Crippen molar-refractivity contribution < 1.29 is 9.53 Å². The minimum Gasteiger partial charge on any atom is -0.497 e. The molecule has 0 radical (unpaired) electrons. The first-order valence-corrected chi connectivity index (χ1v) is 8.03. The number of benzene rings is 2. The first kappa shape index (κ1) is 16.2. The van der Waals surface area contributed by atoms with E-state index in [1.807, 2.05) is 12.1 Å². The molecule has 0 aliphatic carbocycles. The van der Waals surface area contributed by atoms with Gasteiger partial charge in [-0.3, -0.25) is 9.79 Å². The Morgan fingerprint density at radius 1 is 1.25 bits per heavy atom. The second-order valence-corrected chi connectivity index (χ2v) is 6.80. The minimum absolute atomic E-state index is 0.0209. The SMILES string of the molecule is COc1ccc2c(c1)C(CC(=O)c1cccc(N)c1)=NC(C)(C)C2. The average Bonchev–Trinajstić information content (AvgIpc) is 2.53. The number of anilines is 1. The Labute approximate surface area is 142 Å². The number of nitrogens with two attached hydrogens (primary N) is 1. The summed E-state index contributed by atoms with van der Waals surface area (Å²) < 4.78 is 5.33. The minimum atomic E-state index is -0.215. The van der Waals surface area contributed by atoms with Crippen molar-refractivity contribution in [2.45, 2.75) is 32.2 Å². The Kier molecular flexibility index (Phi) is 4.14. The summed E-state index contributed by atoms with van der Waals surface area (Å²) in [4.78, 5) is 17.5. The number of ether oxygens (including phenoxy) is 1. The molecule has 24 heavy (non-hydrogen) atoms. The molecule has 3 rings (SSSR count). The van der Waals surface area contributed by atoms with Gasteiger partial charge >= 0.3 is 0 Å². The van der Waals surface area contributed by atoms with Crippen molar-refractivity contribution in [3.63, 3.8) is 0 Å². The Bertz CT molecular complexity index is 822. The fourth-order valence-corrected chi connectivity index (χ4v) is 3.14. The van der Waals surface area contributed by atoms with Crippen LogP contribution in [0.15, 0.2) is 47.5 Å². The van der Waals surface area contributed by atoms with Crippen molar-refractivity contribution >= 4 is 17.2 Å². The van der Waals surface area contributed by atoms with E-state index < -0.39 is 0 Å². The third-order valence-electron chi connectivity index (χ3n) is 4.23. The Morgan fingerprint density at radius 2 is 2.04 bits per heavy atom. The highest BCUT2D eigenvalue weighted by Crippen LogP contribution is 2.31. The number of hydrogen-bond acceptors (Lipinski definition) is 4. The monoisotopic (exact) mass is 322 g/mol. The fraction of sp³-hybridized carbons (Fsp3) is 0.300. The second-order valence-electron chi connectivity index (χ2n) is 6.80. The number of ketones is 1. The van der Waals surface area contributed by atoms with Crippen LogP contribution in [0.2, 0.25) is 0 Å². The summed E-state index contributed by atoms with van der Waals surface area (Å²) in [6.45, 7) is 4.18. The number of methoxy groups -OCH3 is 1. The van der Waals surface area contributed by atoms with Crippen molar-refractivity contribution in [2.24, 2.45) is 4.99 Å². The summed E-state index contributed by atoms with van der Waals surface area (Å²) in [5.41, 5.74) is 9.80. The van der Waals surface area contributed by atoms with Gasteiger partial charge in [0.1, 0.15) is 5.75 Å². The number of nitrogens with zero attached hydrogens (tertiary/aromatic N) is 1. The van der Waals surface area contributed by atoms with Gasteiger partial charge in [-0.15, -0.1) is 0 Å². The molecule has 2 aromatic carbocycles. The van der Waals surface area contributed by atoms with Crippen LogP contribution in [0.1, 0.15) is 41.8 Å². The molecular formula is C20H22N2O2. The number of Topliss-reactive ketones (excluding diaryl/α,β-unsaturated/α-hetero) is 1. The maximum Gasteiger partial charge on any atom is 0.168 e. The molecule has 4 heteroatoms. The maximum atomic E-state index is 12.7. The molecule has 0 saturated carbocycles. The largest absolute Gasteiger partial charge is 0.497 e. The third-order valence-corrected chi connectivity index (χ3v) is 4.23. The van der Waals surface area contributed by atoms with Crippen LogP contribution in [0.5, 0.6) is 5.75 Å². The van der Waals surface area contributed by atoms with E-state index in [-0.39, 0.29) is 17.7 Å². The highest BCUT2D eigenvalue weighted by Gasteiger charge is 2.28. The number of aliphatic imine (C=N–C) groups is 1. The molecule has 0 aromatic heterocycles. The molecule has 2 N–H and O–H groups in total. The summed E-state index contributed by atoms with van der Waals surface area (Å²) in [6.07, 6.45) is 1.11. The highest BCUT2D eigenvalue weighted by atomic mass is 16.5. The smallest absolute Gasteiger partial charge is 0.168 e. The number of nitrogen functional groups attached to an aromatic ring is 1. The van der Waals surface area contributed by atoms with E-state index in [9.17, 15) is 4.79 Å². The zero-order chi connectivity index (χ0) is 17.3. The Hall–Kier alpha value is -2.62. The summed E-state index contributed by atoms with van der Waals surface area (Å²) in [5.74, 6) is 0.796. The molecule has 0 bridgehead atoms. The van der Waals surface area contributed by atoms with Gasteiger partial charge in [0.25, 0.3) is 0 Å². The lowest BCUT2D eigenvalue weighted by atomic mass is 9.85. The lowest BCUT2D eigenvalue weighted by molar-refractivity contribution is 0.100. The van der Waals surface area contributed by atoms with Crippen LogP contribution < -0.4 is 10.5 Å². The predicted molar refractivity (Wildman–Crippen MR) is 97.1 cm³/mol. The van der Waals surface area contributed by atoms with E-state index >= 15 is 0 Å². The van der Waals surface area contributed by atoms with E-state index in [0.29, 0.717) is 11.3 Å². The van der Waals surface area contributed by atoms with Gasteiger partial charge in [0.15, 0.2) is 5.78 Å². The predicted octanol–water partition coefficient (Wildman–Crippen LogP) is 3.67. The molecule has 1 aliphatic heterocycles. The molecule has 0 saturated heterocycles. The van der Waals surface area contributed by atoms with Crippen molar-refractivity contribution in [2.75, 3.05) is 12.8 Å². The molecule has 1 aliphatic rings. The lowest BCUT2D eigenvalue weighted by Crippen LogP contribution is -2.30. The fourth-order valence-electron chi connectivity index (χ4n) is 3.14. The number of carbonyl (C=O) groups is 1. The van der Waals surface area contributed by atoms with Gasteiger partial charge in [-0.1, -0.05) is 18.2 Å². The van der Waals surface area contributed by atoms with Gasteiger partial charge in [-0.25, -0.2) is 0 Å². The molecule has 0 fully saturated rings. The average molecular weight is 322 g/mol. The van der Waals surface area contributed by atoms with Crippen LogP contribution in [0.4, 0.5) is 5.69 Å². The van der Waals surface area contributed by atoms with Crippen LogP contribution in [0, 0.1) is 0 Å². The van der Waals surface area contributed by atoms with E-state index in [1.165, 1.54) is 5.56 Å². The maximum absolute atomic E-state index is 12.7. The zero-order valence-corrected chi connectivity index (χ0v) is 14.3. The summed E-state index contributed by atoms with van der Waals surface area (Å²) in [5, 5.41) is 0. The zero-order valence-electron chi connectivity index (χ0n) is 14.3. The van der Waals surface area contributed by atoms with Crippen LogP contribution >= 0.6 is 0 Å². The number of carbonyl (C=O) groups excluding carboxylic acids is 1. The van der Waals surface area contributed by atoms with Crippen LogP contribution in [0.3, 0.4) is 0 Å². The number of fused-ring (bicyclic) bond motifs is 1. The number of rotatable bonds is 4. The van der Waals surface area contributed by atoms with Gasteiger partial charge in [0.2, 0.25) is 0 Å². The molecule has 0 unspecified atom stereocenters. The lowest BCUT2D eigenvalue weighted by Gasteiger charge is -2.29. The van der Waals surface area contributed by atoms with Crippen LogP contribution in [0.25, 0.3) is 0 Å². The van der Waals surface area contributed by atoms with E-state index in [0.717, 1.165) is 23.4 Å². The summed E-state index contributed by atoms with van der Waals surface area (Å²) in [7, 11) is 1.64. The van der Waals surface area contributed by atoms with Crippen molar-refractivity contribution in [1.29, 1.82) is 0 Å². The molecular weight excluding hydrogens is 300 g/mol. The van der Waals surface area contributed by atoms with Crippen molar-refractivity contribution in [3.8, 4) is 5.75 Å².